The minimum absolute atomic E-state index is 0.161. The number of carbonyl (C=O) groups is 2. The topological polar surface area (TPSA) is 119 Å². The lowest BCUT2D eigenvalue weighted by molar-refractivity contribution is -0.384. The summed E-state index contributed by atoms with van der Waals surface area (Å²) in [5.41, 5.74) is 0.0164. The first-order chi connectivity index (χ1) is 9.97. The summed E-state index contributed by atoms with van der Waals surface area (Å²) in [6, 6.07) is 5.39. The van der Waals surface area contributed by atoms with E-state index in [1.54, 1.807) is 0 Å². The van der Waals surface area contributed by atoms with E-state index in [0.29, 0.717) is 12.8 Å². The third-order valence-electron chi connectivity index (χ3n) is 3.19. The fourth-order valence-electron chi connectivity index (χ4n) is 2.11. The quantitative estimate of drug-likeness (QED) is 0.616. The van der Waals surface area contributed by atoms with Gasteiger partial charge in [-0.05, 0) is 18.9 Å². The average molecular weight is 294 g/mol. The zero-order valence-electron chi connectivity index (χ0n) is 11.0. The van der Waals surface area contributed by atoms with E-state index in [4.69, 9.17) is 9.84 Å². The molecule has 1 aliphatic heterocycles. The number of nitrogens with zero attached hydrogens (tertiary/aromatic N) is 1. The molecule has 112 valence electrons. The smallest absolute Gasteiger partial charge is 0.332 e. The van der Waals surface area contributed by atoms with Gasteiger partial charge in [-0.1, -0.05) is 6.07 Å². The highest BCUT2D eigenvalue weighted by molar-refractivity contribution is 5.94. The number of non-ortho nitro benzene ring substituents is 1. The van der Waals surface area contributed by atoms with Gasteiger partial charge in [0.2, 0.25) is 0 Å². The zero-order valence-corrected chi connectivity index (χ0v) is 11.0. The number of carboxylic acids is 1. The Bertz CT molecular complexity index is 574. The van der Waals surface area contributed by atoms with Crippen LogP contribution < -0.4 is 5.32 Å². The number of nitro benzene ring substituents is 1. The highest BCUT2D eigenvalue weighted by atomic mass is 16.6. The van der Waals surface area contributed by atoms with E-state index >= 15 is 0 Å². The number of nitro groups is 1. The molecule has 0 aromatic heterocycles. The van der Waals surface area contributed by atoms with E-state index in [1.807, 2.05) is 0 Å². The van der Waals surface area contributed by atoms with Crippen LogP contribution in [0.3, 0.4) is 0 Å². The Morgan fingerprint density at radius 3 is 2.81 bits per heavy atom. The molecule has 8 nitrogen and oxygen atoms in total. The molecule has 21 heavy (non-hydrogen) atoms. The van der Waals surface area contributed by atoms with Crippen LogP contribution in [0.25, 0.3) is 0 Å². The second-order valence-corrected chi connectivity index (χ2v) is 4.68. The summed E-state index contributed by atoms with van der Waals surface area (Å²) < 4.78 is 5.25. The van der Waals surface area contributed by atoms with E-state index in [1.165, 1.54) is 24.3 Å². The van der Waals surface area contributed by atoms with Gasteiger partial charge in [-0.25, -0.2) is 4.79 Å². The molecule has 2 atom stereocenters. The number of hydrogen-bond acceptors (Lipinski definition) is 5. The number of carbonyl (C=O) groups excluding carboxylic acids is 1. The first kappa shape index (κ1) is 14.9. The number of ether oxygens (including phenoxy) is 1. The molecular formula is C13H14N2O6. The normalized spacial score (nSPS) is 21.0. The van der Waals surface area contributed by atoms with Gasteiger partial charge in [0.05, 0.1) is 11.0 Å². The highest BCUT2D eigenvalue weighted by Gasteiger charge is 2.30. The number of benzene rings is 1. The summed E-state index contributed by atoms with van der Waals surface area (Å²) in [6.45, 7) is 0.172. The molecule has 1 aliphatic rings. The van der Waals surface area contributed by atoms with Crippen LogP contribution in [0.1, 0.15) is 23.2 Å². The summed E-state index contributed by atoms with van der Waals surface area (Å²) in [5, 5.41) is 22.0. The van der Waals surface area contributed by atoms with Crippen molar-refractivity contribution in [3.8, 4) is 0 Å². The van der Waals surface area contributed by atoms with Crippen LogP contribution in [0, 0.1) is 10.1 Å². The number of rotatable bonds is 5. The van der Waals surface area contributed by atoms with Gasteiger partial charge in [-0.2, -0.15) is 0 Å². The Morgan fingerprint density at radius 2 is 2.19 bits per heavy atom. The fraction of sp³-hybridized carbons (Fsp3) is 0.385. The zero-order chi connectivity index (χ0) is 15.4. The molecular weight excluding hydrogens is 280 g/mol. The first-order valence-corrected chi connectivity index (χ1v) is 6.38. The summed E-state index contributed by atoms with van der Waals surface area (Å²) >= 11 is 0. The standard InChI is InChI=1S/C13H14N2O6/c16-12(8-2-1-3-9(6-8)15(19)20)14-7-10-4-5-11(21-10)13(17)18/h1-3,6,10-11H,4-5,7H2,(H,14,16)(H,17,18). The maximum absolute atomic E-state index is 11.9. The third kappa shape index (κ3) is 3.76. The molecule has 2 N–H and O–H groups in total. The molecule has 1 aromatic rings. The van der Waals surface area contributed by atoms with Crippen molar-refractivity contribution in [2.24, 2.45) is 0 Å². The molecule has 2 unspecified atom stereocenters. The van der Waals surface area contributed by atoms with Gasteiger partial charge in [0.1, 0.15) is 0 Å². The molecule has 0 spiro atoms. The van der Waals surface area contributed by atoms with Crippen molar-refractivity contribution in [1.82, 2.24) is 5.32 Å². The molecule has 1 heterocycles. The lowest BCUT2D eigenvalue weighted by Crippen LogP contribution is -2.33. The Kier molecular flexibility index (Phi) is 4.49. The molecule has 1 saturated heterocycles. The van der Waals surface area contributed by atoms with Gasteiger partial charge in [-0.3, -0.25) is 14.9 Å². The largest absolute Gasteiger partial charge is 0.479 e. The predicted molar refractivity (Wildman–Crippen MR) is 71.0 cm³/mol. The van der Waals surface area contributed by atoms with Gasteiger partial charge in [0, 0.05) is 24.2 Å². The van der Waals surface area contributed by atoms with E-state index in [9.17, 15) is 19.7 Å². The molecule has 1 amide bonds. The number of carboxylic acid groups (broad SMARTS) is 1. The van der Waals surface area contributed by atoms with Crippen molar-refractivity contribution in [3.63, 3.8) is 0 Å². The number of aliphatic carboxylic acids is 1. The monoisotopic (exact) mass is 294 g/mol. The molecule has 1 fully saturated rings. The number of amides is 1. The predicted octanol–water partition coefficient (Wildman–Crippen LogP) is 0.957. The minimum atomic E-state index is -1.01. The van der Waals surface area contributed by atoms with Crippen LogP contribution in [-0.2, 0) is 9.53 Å². The molecule has 0 aliphatic carbocycles. The summed E-state index contributed by atoms with van der Waals surface area (Å²) in [6.07, 6.45) is -0.225. The number of hydrogen-bond donors (Lipinski definition) is 2. The molecule has 8 heteroatoms. The van der Waals surface area contributed by atoms with Crippen LogP contribution >= 0.6 is 0 Å². The second-order valence-electron chi connectivity index (χ2n) is 4.68. The maximum Gasteiger partial charge on any atom is 0.332 e. The van der Waals surface area contributed by atoms with Crippen molar-refractivity contribution in [2.45, 2.75) is 25.0 Å². The highest BCUT2D eigenvalue weighted by Crippen LogP contribution is 2.19. The van der Waals surface area contributed by atoms with E-state index in [-0.39, 0.29) is 23.9 Å². The van der Waals surface area contributed by atoms with Crippen molar-refractivity contribution in [3.05, 3.63) is 39.9 Å². The van der Waals surface area contributed by atoms with Crippen LogP contribution in [0.5, 0.6) is 0 Å². The van der Waals surface area contributed by atoms with Crippen molar-refractivity contribution in [1.29, 1.82) is 0 Å². The van der Waals surface area contributed by atoms with Crippen molar-refractivity contribution in [2.75, 3.05) is 6.54 Å². The molecule has 1 aromatic carbocycles. The van der Waals surface area contributed by atoms with Crippen molar-refractivity contribution < 1.29 is 24.4 Å². The van der Waals surface area contributed by atoms with Crippen LogP contribution in [0.15, 0.2) is 24.3 Å². The Morgan fingerprint density at radius 1 is 1.43 bits per heavy atom. The lowest BCUT2D eigenvalue weighted by atomic mass is 10.1. The van der Waals surface area contributed by atoms with Gasteiger partial charge < -0.3 is 15.2 Å². The SMILES string of the molecule is O=C(NCC1CCC(C(=O)O)O1)c1cccc([N+](=O)[O-])c1. The average Bonchev–Trinajstić information content (AvgIpc) is 2.94. The number of nitrogens with one attached hydrogen (secondary N) is 1. The molecule has 0 saturated carbocycles. The lowest BCUT2D eigenvalue weighted by Gasteiger charge is -2.12. The van der Waals surface area contributed by atoms with Gasteiger partial charge in [0.15, 0.2) is 6.10 Å². The maximum atomic E-state index is 11.9. The summed E-state index contributed by atoms with van der Waals surface area (Å²) in [5.74, 6) is -1.47. The third-order valence-corrected chi connectivity index (χ3v) is 3.19. The summed E-state index contributed by atoms with van der Waals surface area (Å²) in [4.78, 5) is 32.7. The van der Waals surface area contributed by atoms with E-state index in [0.717, 1.165) is 0 Å². The Hall–Kier alpha value is -2.48. The Labute approximate surface area is 119 Å². The van der Waals surface area contributed by atoms with Gasteiger partial charge in [-0.15, -0.1) is 0 Å². The minimum Gasteiger partial charge on any atom is -0.479 e. The molecule has 2 rings (SSSR count). The van der Waals surface area contributed by atoms with E-state index < -0.39 is 22.9 Å². The van der Waals surface area contributed by atoms with Crippen LogP contribution in [0.4, 0.5) is 5.69 Å². The first-order valence-electron chi connectivity index (χ1n) is 6.38. The van der Waals surface area contributed by atoms with Gasteiger partial charge in [0.25, 0.3) is 11.6 Å². The molecule has 0 radical (unpaired) electrons. The van der Waals surface area contributed by atoms with Crippen LogP contribution in [0.2, 0.25) is 0 Å². The fourth-order valence-corrected chi connectivity index (χ4v) is 2.11. The second kappa shape index (κ2) is 6.31. The van der Waals surface area contributed by atoms with Crippen LogP contribution in [-0.4, -0.2) is 40.7 Å². The summed E-state index contributed by atoms with van der Waals surface area (Å²) in [7, 11) is 0. The molecule has 0 bridgehead atoms. The van der Waals surface area contributed by atoms with Gasteiger partial charge >= 0.3 is 5.97 Å². The van der Waals surface area contributed by atoms with E-state index in [2.05, 4.69) is 5.32 Å². The van der Waals surface area contributed by atoms with Crippen molar-refractivity contribution >= 4 is 17.6 Å². The Balaban J connectivity index is 1.89.